The van der Waals surface area contributed by atoms with Crippen LogP contribution in [0.4, 0.5) is 0 Å². The number of ether oxygens (including phenoxy) is 2. The quantitative estimate of drug-likeness (QED) is 0.708. The topological polar surface area (TPSA) is 50.8 Å². The molecule has 1 saturated carbocycles. The lowest BCUT2D eigenvalue weighted by Gasteiger charge is -2.37. The Labute approximate surface area is 184 Å². The van der Waals surface area contributed by atoms with Crippen LogP contribution in [0.25, 0.3) is 0 Å². The smallest absolute Gasteiger partial charge is 0.251 e. The molecule has 0 aromatic heterocycles. The summed E-state index contributed by atoms with van der Waals surface area (Å²) in [4.78, 5) is 15.3. The van der Waals surface area contributed by atoms with Crippen LogP contribution in [0.5, 0.6) is 0 Å². The van der Waals surface area contributed by atoms with Crippen LogP contribution in [0.1, 0.15) is 48.0 Å². The number of aryl methyl sites for hydroxylation is 1. The molecule has 2 aliphatic carbocycles. The normalized spacial score (nSPS) is 26.3. The number of piperidine rings is 1. The highest BCUT2D eigenvalue weighted by Gasteiger charge is 2.55. The molecule has 0 radical (unpaired) electrons. The number of nitrogens with zero attached hydrogens (tertiary/aromatic N) is 1. The summed E-state index contributed by atoms with van der Waals surface area (Å²) in [7, 11) is 0. The average Bonchev–Trinajstić information content (AvgIpc) is 3.48. The van der Waals surface area contributed by atoms with E-state index >= 15 is 0 Å². The Kier molecular flexibility index (Phi) is 5.61. The molecule has 4 aliphatic rings. The standard InChI is InChI=1S/C26H32N2O3/c1-2-3-5-19-6-4-7-20(16-19)25(29)27-24-18-26(24)10-12-28(13-11-26)21-8-9-22-23(17-21)31-15-14-30-22/h2,4,6-8,16-17,22,24H,1,3,5,9-15,18H2,(H,27,29). The average molecular weight is 421 g/mol. The first-order valence-corrected chi connectivity index (χ1v) is 11.6. The van der Waals surface area contributed by atoms with Gasteiger partial charge < -0.3 is 19.7 Å². The molecule has 2 saturated heterocycles. The summed E-state index contributed by atoms with van der Waals surface area (Å²) in [6, 6.07) is 8.29. The minimum atomic E-state index is 0.0602. The van der Waals surface area contributed by atoms with E-state index in [-0.39, 0.29) is 17.4 Å². The van der Waals surface area contributed by atoms with Crippen LogP contribution in [0, 0.1) is 5.41 Å². The van der Waals surface area contributed by atoms with Crippen LogP contribution >= 0.6 is 0 Å². The van der Waals surface area contributed by atoms with Crippen LogP contribution in [0.3, 0.4) is 0 Å². The minimum Gasteiger partial charge on any atom is -0.493 e. The van der Waals surface area contributed by atoms with Gasteiger partial charge in [-0.3, -0.25) is 4.79 Å². The van der Waals surface area contributed by atoms with Gasteiger partial charge in [0.05, 0.1) is 6.61 Å². The summed E-state index contributed by atoms with van der Waals surface area (Å²) in [5, 5.41) is 3.30. The highest BCUT2D eigenvalue weighted by Crippen LogP contribution is 2.54. The molecule has 1 aromatic carbocycles. The second-order valence-corrected chi connectivity index (χ2v) is 9.23. The molecule has 31 heavy (non-hydrogen) atoms. The van der Waals surface area contributed by atoms with E-state index in [1.165, 1.54) is 11.3 Å². The molecule has 1 spiro atoms. The number of hydrogen-bond donors (Lipinski definition) is 1. The summed E-state index contributed by atoms with van der Waals surface area (Å²) >= 11 is 0. The third-order valence-electron chi connectivity index (χ3n) is 7.27. The van der Waals surface area contributed by atoms with Crippen molar-refractivity contribution in [3.63, 3.8) is 0 Å². The number of allylic oxidation sites excluding steroid dienone is 2. The fraction of sp³-hybridized carbons (Fsp3) is 0.500. The zero-order valence-corrected chi connectivity index (χ0v) is 18.1. The van der Waals surface area contributed by atoms with Gasteiger partial charge >= 0.3 is 0 Å². The van der Waals surface area contributed by atoms with Crippen molar-refractivity contribution in [3.05, 3.63) is 71.7 Å². The summed E-state index contributed by atoms with van der Waals surface area (Å²) in [6.07, 6.45) is 12.6. The zero-order chi connectivity index (χ0) is 21.3. The molecule has 0 bridgehead atoms. The fourth-order valence-electron chi connectivity index (χ4n) is 5.19. The lowest BCUT2D eigenvalue weighted by molar-refractivity contribution is -0.0425. The van der Waals surface area contributed by atoms with Crippen molar-refractivity contribution in [2.45, 2.75) is 50.7 Å². The summed E-state index contributed by atoms with van der Waals surface area (Å²) in [5.74, 6) is 1.04. The molecule has 2 unspecified atom stereocenters. The molecule has 2 heterocycles. The summed E-state index contributed by atoms with van der Waals surface area (Å²) in [5.41, 5.74) is 3.51. The second kappa shape index (κ2) is 8.54. The number of fused-ring (bicyclic) bond motifs is 1. The molecule has 5 rings (SSSR count). The van der Waals surface area contributed by atoms with Crippen molar-refractivity contribution < 1.29 is 14.3 Å². The number of amides is 1. The maximum atomic E-state index is 12.8. The molecular weight excluding hydrogens is 388 g/mol. The van der Waals surface area contributed by atoms with E-state index in [0.717, 1.165) is 62.9 Å². The first-order chi connectivity index (χ1) is 15.2. The van der Waals surface area contributed by atoms with Crippen LogP contribution < -0.4 is 5.32 Å². The van der Waals surface area contributed by atoms with Crippen molar-refractivity contribution in [2.75, 3.05) is 26.3 Å². The van der Waals surface area contributed by atoms with Gasteiger partial charge in [-0.2, -0.15) is 0 Å². The minimum absolute atomic E-state index is 0.0602. The second-order valence-electron chi connectivity index (χ2n) is 9.23. The number of carbonyl (C=O) groups excluding carboxylic acids is 1. The Morgan fingerprint density at radius 2 is 2.16 bits per heavy atom. The van der Waals surface area contributed by atoms with Gasteiger partial charge in [-0.15, -0.1) is 6.58 Å². The zero-order valence-electron chi connectivity index (χ0n) is 18.1. The van der Waals surface area contributed by atoms with E-state index in [1.54, 1.807) is 0 Å². The Bertz CT molecular complexity index is 911. The van der Waals surface area contributed by atoms with E-state index in [2.05, 4.69) is 35.0 Å². The van der Waals surface area contributed by atoms with E-state index in [9.17, 15) is 4.79 Å². The van der Waals surface area contributed by atoms with E-state index < -0.39 is 0 Å². The number of likely N-dealkylation sites (tertiary alicyclic amines) is 1. The monoisotopic (exact) mass is 420 g/mol. The SMILES string of the molecule is C=CCCc1cccc(C(=O)NC2CC23CCN(C2=CCC4OCCOC4=C2)CC3)c1. The van der Waals surface area contributed by atoms with Gasteiger partial charge in [-0.05, 0) is 55.2 Å². The van der Waals surface area contributed by atoms with Crippen molar-refractivity contribution in [1.29, 1.82) is 0 Å². The predicted molar refractivity (Wildman–Crippen MR) is 121 cm³/mol. The van der Waals surface area contributed by atoms with Crippen molar-refractivity contribution >= 4 is 5.91 Å². The molecule has 5 heteroatoms. The Morgan fingerprint density at radius 1 is 1.29 bits per heavy atom. The third-order valence-corrected chi connectivity index (χ3v) is 7.27. The van der Waals surface area contributed by atoms with Crippen LogP contribution in [-0.4, -0.2) is 49.3 Å². The van der Waals surface area contributed by atoms with Gasteiger partial charge in [0.1, 0.15) is 18.5 Å². The van der Waals surface area contributed by atoms with Crippen molar-refractivity contribution in [2.24, 2.45) is 5.41 Å². The largest absolute Gasteiger partial charge is 0.493 e. The van der Waals surface area contributed by atoms with Crippen LogP contribution in [-0.2, 0) is 15.9 Å². The number of hydrogen-bond acceptors (Lipinski definition) is 4. The van der Waals surface area contributed by atoms with Crippen LogP contribution in [0.15, 0.2) is 60.5 Å². The summed E-state index contributed by atoms with van der Waals surface area (Å²) in [6.45, 7) is 7.18. The Morgan fingerprint density at radius 3 is 3.00 bits per heavy atom. The first kappa shape index (κ1) is 20.4. The maximum absolute atomic E-state index is 12.8. The van der Waals surface area contributed by atoms with Gasteiger partial charge in [-0.1, -0.05) is 24.3 Å². The molecule has 2 aliphatic heterocycles. The highest BCUT2D eigenvalue weighted by atomic mass is 16.6. The number of nitrogens with one attached hydrogen (secondary N) is 1. The van der Waals surface area contributed by atoms with E-state index in [4.69, 9.17) is 9.47 Å². The molecule has 1 N–H and O–H groups in total. The lowest BCUT2D eigenvalue weighted by Crippen LogP contribution is -2.39. The van der Waals surface area contributed by atoms with Gasteiger partial charge in [-0.25, -0.2) is 0 Å². The lowest BCUT2D eigenvalue weighted by atomic mass is 9.91. The molecule has 1 aromatic rings. The third kappa shape index (κ3) is 4.29. The van der Waals surface area contributed by atoms with Gasteiger partial charge in [0.2, 0.25) is 0 Å². The molecule has 3 fully saturated rings. The predicted octanol–water partition coefficient (Wildman–Crippen LogP) is 3.98. The number of benzene rings is 1. The van der Waals surface area contributed by atoms with Gasteiger partial charge in [0, 0.05) is 42.9 Å². The first-order valence-electron chi connectivity index (χ1n) is 11.6. The highest BCUT2D eigenvalue weighted by molar-refractivity contribution is 5.94. The van der Waals surface area contributed by atoms with Crippen LogP contribution in [0.2, 0.25) is 0 Å². The fourth-order valence-corrected chi connectivity index (χ4v) is 5.19. The Balaban J connectivity index is 1.14. The molecular formula is C26H32N2O3. The Hall–Kier alpha value is -2.53. The van der Waals surface area contributed by atoms with E-state index in [0.29, 0.717) is 19.3 Å². The molecule has 1 amide bonds. The number of carbonyl (C=O) groups is 1. The van der Waals surface area contributed by atoms with E-state index in [1.807, 2.05) is 24.3 Å². The molecule has 2 atom stereocenters. The number of rotatable bonds is 6. The van der Waals surface area contributed by atoms with Crippen molar-refractivity contribution in [3.8, 4) is 0 Å². The maximum Gasteiger partial charge on any atom is 0.251 e. The molecule has 5 nitrogen and oxygen atoms in total. The molecule has 164 valence electrons. The van der Waals surface area contributed by atoms with Gasteiger partial charge in [0.25, 0.3) is 5.91 Å². The van der Waals surface area contributed by atoms with Crippen molar-refractivity contribution in [1.82, 2.24) is 10.2 Å². The summed E-state index contributed by atoms with van der Waals surface area (Å²) < 4.78 is 11.6. The van der Waals surface area contributed by atoms with Gasteiger partial charge in [0.15, 0.2) is 0 Å².